The summed E-state index contributed by atoms with van der Waals surface area (Å²) in [7, 11) is 0. The Labute approximate surface area is 103 Å². The monoisotopic (exact) mass is 248 g/mol. The van der Waals surface area contributed by atoms with Crippen molar-refractivity contribution < 1.29 is 4.79 Å². The van der Waals surface area contributed by atoms with Crippen molar-refractivity contribution in [3.63, 3.8) is 0 Å². The predicted molar refractivity (Wildman–Crippen MR) is 66.6 cm³/mol. The van der Waals surface area contributed by atoms with Crippen molar-refractivity contribution >= 4 is 28.7 Å². The number of fused-ring (bicyclic) bond motifs is 1. The minimum absolute atomic E-state index is 0.155. The van der Waals surface area contributed by atoms with Crippen LogP contribution in [0.25, 0.3) is 0 Å². The zero-order valence-corrected chi connectivity index (χ0v) is 10.0. The minimum Gasteiger partial charge on any atom is -0.293 e. The molecule has 0 saturated carbocycles. The molecule has 1 aliphatic rings. The van der Waals surface area contributed by atoms with Crippen LogP contribution < -0.4 is 0 Å². The number of rotatable bonds is 1. The number of carbonyl (C=O) groups excluding carboxylic acids is 1. The number of halogens is 1. The molecule has 3 heteroatoms. The molecule has 0 aliphatic heterocycles. The van der Waals surface area contributed by atoms with Gasteiger partial charge in [0.2, 0.25) is 0 Å². The number of hydrogen-bond donors (Lipinski definition) is 0. The summed E-state index contributed by atoms with van der Waals surface area (Å²) < 4.78 is 0. The van der Waals surface area contributed by atoms with Crippen LogP contribution in [0, 0.1) is 0 Å². The Morgan fingerprint density at radius 1 is 1.19 bits per heavy atom. The fourth-order valence-electron chi connectivity index (χ4n) is 2.24. The fourth-order valence-corrected chi connectivity index (χ4v) is 3.42. The number of ketones is 1. The van der Waals surface area contributed by atoms with Crippen LogP contribution >= 0.6 is 22.9 Å². The summed E-state index contributed by atoms with van der Waals surface area (Å²) in [6.45, 7) is 0. The first-order valence-electron chi connectivity index (χ1n) is 5.12. The molecule has 0 saturated heterocycles. The highest BCUT2D eigenvalue weighted by Gasteiger charge is 2.32. The first-order chi connectivity index (χ1) is 7.77. The second kappa shape index (κ2) is 3.72. The van der Waals surface area contributed by atoms with Crippen LogP contribution in [0.2, 0.25) is 5.02 Å². The van der Waals surface area contributed by atoms with Gasteiger partial charge in [-0.15, -0.1) is 11.3 Å². The third kappa shape index (κ3) is 1.41. The topological polar surface area (TPSA) is 17.1 Å². The lowest BCUT2D eigenvalue weighted by Crippen LogP contribution is -1.97. The molecule has 80 valence electrons. The molecular weight excluding hydrogens is 240 g/mol. The van der Waals surface area contributed by atoms with Gasteiger partial charge in [-0.05, 0) is 28.6 Å². The van der Waals surface area contributed by atoms with Gasteiger partial charge in [0.25, 0.3) is 0 Å². The molecule has 1 aromatic carbocycles. The van der Waals surface area contributed by atoms with Crippen LogP contribution in [0.5, 0.6) is 0 Å². The Hall–Kier alpha value is -1.12. The molecule has 0 bridgehead atoms. The SMILES string of the molecule is O=C1CC(c2ccccc2Cl)c2ccsc21. The van der Waals surface area contributed by atoms with Gasteiger partial charge < -0.3 is 0 Å². The first-order valence-corrected chi connectivity index (χ1v) is 6.38. The molecule has 16 heavy (non-hydrogen) atoms. The van der Waals surface area contributed by atoms with Gasteiger partial charge in [-0.1, -0.05) is 29.8 Å². The van der Waals surface area contributed by atoms with E-state index in [1.165, 1.54) is 11.3 Å². The lowest BCUT2D eigenvalue weighted by Gasteiger charge is -2.11. The molecule has 3 rings (SSSR count). The average molecular weight is 249 g/mol. The van der Waals surface area contributed by atoms with Crippen molar-refractivity contribution in [1.29, 1.82) is 0 Å². The van der Waals surface area contributed by atoms with Gasteiger partial charge in [0, 0.05) is 17.4 Å². The van der Waals surface area contributed by atoms with Crippen LogP contribution in [0.4, 0.5) is 0 Å². The van der Waals surface area contributed by atoms with E-state index in [-0.39, 0.29) is 11.7 Å². The second-order valence-electron chi connectivity index (χ2n) is 3.91. The van der Waals surface area contributed by atoms with Gasteiger partial charge in [0.1, 0.15) is 0 Å². The number of carbonyl (C=O) groups is 1. The zero-order valence-electron chi connectivity index (χ0n) is 8.44. The molecule has 1 aliphatic carbocycles. The summed E-state index contributed by atoms with van der Waals surface area (Å²) >= 11 is 7.71. The van der Waals surface area contributed by atoms with Crippen molar-refractivity contribution in [1.82, 2.24) is 0 Å². The van der Waals surface area contributed by atoms with Gasteiger partial charge in [-0.2, -0.15) is 0 Å². The molecule has 0 fully saturated rings. The van der Waals surface area contributed by atoms with Crippen molar-refractivity contribution in [3.05, 3.63) is 56.7 Å². The quantitative estimate of drug-likeness (QED) is 0.742. The third-order valence-corrected chi connectivity index (χ3v) is 4.31. The number of benzene rings is 1. The van der Waals surface area contributed by atoms with E-state index < -0.39 is 0 Å². The molecule has 1 atom stereocenters. The van der Waals surface area contributed by atoms with E-state index in [2.05, 4.69) is 0 Å². The molecule has 1 heterocycles. The van der Waals surface area contributed by atoms with Gasteiger partial charge >= 0.3 is 0 Å². The predicted octanol–water partition coefficient (Wildman–Crippen LogP) is 4.12. The van der Waals surface area contributed by atoms with E-state index in [1.807, 2.05) is 35.7 Å². The molecule has 0 spiro atoms. The van der Waals surface area contributed by atoms with Gasteiger partial charge in [0.15, 0.2) is 5.78 Å². The molecule has 2 aromatic rings. The smallest absolute Gasteiger partial charge is 0.174 e. The van der Waals surface area contributed by atoms with Crippen LogP contribution in [0.1, 0.15) is 33.1 Å². The normalized spacial score (nSPS) is 18.8. The highest BCUT2D eigenvalue weighted by molar-refractivity contribution is 7.12. The van der Waals surface area contributed by atoms with Gasteiger partial charge in [-0.25, -0.2) is 0 Å². The first kappa shape index (κ1) is 10.1. The standard InChI is InChI=1S/C13H9ClOS/c14-11-4-2-1-3-8(11)10-7-12(15)13-9(10)5-6-16-13/h1-6,10H,7H2. The van der Waals surface area contributed by atoms with Gasteiger partial charge in [0.05, 0.1) is 4.88 Å². The maximum absolute atomic E-state index is 11.8. The van der Waals surface area contributed by atoms with Gasteiger partial charge in [-0.3, -0.25) is 4.79 Å². The molecule has 1 aromatic heterocycles. The minimum atomic E-state index is 0.155. The molecular formula is C13H9ClOS. The van der Waals surface area contributed by atoms with E-state index >= 15 is 0 Å². The Kier molecular flexibility index (Phi) is 2.34. The molecule has 1 unspecified atom stereocenters. The molecule has 0 N–H and O–H groups in total. The Morgan fingerprint density at radius 2 is 2.00 bits per heavy atom. The van der Waals surface area contributed by atoms with Crippen LogP contribution in [0.3, 0.4) is 0 Å². The van der Waals surface area contributed by atoms with Crippen LogP contribution in [-0.4, -0.2) is 5.78 Å². The van der Waals surface area contributed by atoms with E-state index in [9.17, 15) is 4.79 Å². The highest BCUT2D eigenvalue weighted by Crippen LogP contribution is 2.42. The van der Waals surface area contributed by atoms with E-state index in [0.29, 0.717) is 6.42 Å². The molecule has 0 amide bonds. The van der Waals surface area contributed by atoms with Crippen molar-refractivity contribution in [2.24, 2.45) is 0 Å². The summed E-state index contributed by atoms with van der Waals surface area (Å²) in [5.41, 5.74) is 2.21. The Morgan fingerprint density at radius 3 is 2.81 bits per heavy atom. The van der Waals surface area contributed by atoms with Crippen molar-refractivity contribution in [2.75, 3.05) is 0 Å². The number of thiophene rings is 1. The Balaban J connectivity index is 2.12. The average Bonchev–Trinajstić information content (AvgIpc) is 2.84. The maximum atomic E-state index is 11.8. The zero-order chi connectivity index (χ0) is 11.1. The van der Waals surface area contributed by atoms with E-state index in [0.717, 1.165) is 21.0 Å². The van der Waals surface area contributed by atoms with Crippen molar-refractivity contribution in [3.8, 4) is 0 Å². The third-order valence-electron chi connectivity index (χ3n) is 2.99. The van der Waals surface area contributed by atoms with Crippen LogP contribution in [-0.2, 0) is 0 Å². The summed E-state index contributed by atoms with van der Waals surface area (Å²) in [5, 5.41) is 2.73. The largest absolute Gasteiger partial charge is 0.293 e. The van der Waals surface area contributed by atoms with Crippen LogP contribution in [0.15, 0.2) is 35.7 Å². The molecule has 1 nitrogen and oxygen atoms in total. The van der Waals surface area contributed by atoms with Crippen molar-refractivity contribution in [2.45, 2.75) is 12.3 Å². The fraction of sp³-hybridized carbons (Fsp3) is 0.154. The molecule has 0 radical (unpaired) electrons. The Bertz CT molecular complexity index is 559. The second-order valence-corrected chi connectivity index (χ2v) is 5.23. The summed E-state index contributed by atoms with van der Waals surface area (Å²) in [5.74, 6) is 0.400. The summed E-state index contributed by atoms with van der Waals surface area (Å²) in [4.78, 5) is 12.7. The lowest BCUT2D eigenvalue weighted by molar-refractivity contribution is 0.0994. The summed E-state index contributed by atoms with van der Waals surface area (Å²) in [6, 6.07) is 9.81. The lowest BCUT2D eigenvalue weighted by atomic mass is 9.94. The highest BCUT2D eigenvalue weighted by atomic mass is 35.5. The van der Waals surface area contributed by atoms with E-state index in [1.54, 1.807) is 0 Å². The maximum Gasteiger partial charge on any atom is 0.174 e. The summed E-state index contributed by atoms with van der Waals surface area (Å²) in [6.07, 6.45) is 0.561. The number of hydrogen-bond acceptors (Lipinski definition) is 2. The van der Waals surface area contributed by atoms with E-state index in [4.69, 9.17) is 11.6 Å². The number of Topliss-reactive ketones (excluding diaryl/α,β-unsaturated/α-hetero) is 1.